The third-order valence-electron chi connectivity index (χ3n) is 4.38. The molecule has 4 heteroatoms. The van der Waals surface area contributed by atoms with Gasteiger partial charge in [0.05, 0.1) is 23.1 Å². The predicted octanol–water partition coefficient (Wildman–Crippen LogP) is 5.72. The highest BCUT2D eigenvalue weighted by atomic mass is 35.5. The number of para-hydroxylation sites is 3. The summed E-state index contributed by atoms with van der Waals surface area (Å²) in [4.78, 5) is 4.83. The van der Waals surface area contributed by atoms with Crippen molar-refractivity contribution in [1.29, 1.82) is 0 Å². The Kier molecular flexibility index (Phi) is 4.16. The van der Waals surface area contributed by atoms with Gasteiger partial charge in [-0.2, -0.15) is 0 Å². The average Bonchev–Trinajstić information content (AvgIpc) is 2.82. The highest BCUT2D eigenvalue weighted by Gasteiger charge is 2.23. The molecule has 0 amide bonds. The van der Waals surface area contributed by atoms with E-state index in [9.17, 15) is 5.11 Å². The second kappa shape index (κ2) is 6.61. The third-order valence-corrected chi connectivity index (χ3v) is 4.73. The minimum absolute atomic E-state index is 0.0318. The molecule has 3 aromatic carbocycles. The first kappa shape index (κ1) is 15.7. The van der Waals surface area contributed by atoms with E-state index in [-0.39, 0.29) is 11.8 Å². The highest BCUT2D eigenvalue weighted by molar-refractivity contribution is 6.31. The molecule has 3 nitrogen and oxygen atoms in total. The number of phenolic OH excluding ortho intramolecular Hbond substituents is 1. The van der Waals surface area contributed by atoms with E-state index in [1.807, 2.05) is 66.7 Å². The van der Waals surface area contributed by atoms with Crippen LogP contribution >= 0.6 is 11.6 Å². The van der Waals surface area contributed by atoms with Crippen molar-refractivity contribution >= 4 is 28.7 Å². The van der Waals surface area contributed by atoms with E-state index in [0.717, 1.165) is 33.2 Å². The van der Waals surface area contributed by atoms with Gasteiger partial charge in [-0.25, -0.2) is 0 Å². The molecular formula is C21H17ClN2O. The maximum Gasteiger partial charge on any atom is 0.124 e. The summed E-state index contributed by atoms with van der Waals surface area (Å²) in [6.07, 6.45) is 0.621. The van der Waals surface area contributed by atoms with Crippen LogP contribution in [0.2, 0.25) is 5.02 Å². The number of benzene rings is 3. The molecule has 1 aliphatic rings. The fourth-order valence-electron chi connectivity index (χ4n) is 3.15. The first-order valence-electron chi connectivity index (χ1n) is 8.18. The van der Waals surface area contributed by atoms with Gasteiger partial charge < -0.3 is 10.4 Å². The van der Waals surface area contributed by atoms with Crippen LogP contribution in [0.5, 0.6) is 5.75 Å². The fourth-order valence-corrected chi connectivity index (χ4v) is 3.42. The van der Waals surface area contributed by atoms with Gasteiger partial charge in [-0.1, -0.05) is 54.1 Å². The van der Waals surface area contributed by atoms with Crippen LogP contribution in [0.1, 0.15) is 23.6 Å². The van der Waals surface area contributed by atoms with Gasteiger partial charge in [0.1, 0.15) is 5.75 Å². The monoisotopic (exact) mass is 348 g/mol. The summed E-state index contributed by atoms with van der Waals surface area (Å²) in [7, 11) is 0. The number of aromatic hydroxyl groups is 1. The van der Waals surface area contributed by atoms with E-state index < -0.39 is 0 Å². The normalized spacial score (nSPS) is 16.4. The lowest BCUT2D eigenvalue weighted by Gasteiger charge is -2.20. The predicted molar refractivity (Wildman–Crippen MR) is 103 cm³/mol. The average molecular weight is 349 g/mol. The molecule has 1 atom stereocenters. The minimum Gasteiger partial charge on any atom is -0.507 e. The van der Waals surface area contributed by atoms with Crippen molar-refractivity contribution in [3.63, 3.8) is 0 Å². The van der Waals surface area contributed by atoms with Crippen LogP contribution in [0.25, 0.3) is 0 Å². The molecular weight excluding hydrogens is 332 g/mol. The van der Waals surface area contributed by atoms with Gasteiger partial charge in [-0.3, -0.25) is 4.99 Å². The van der Waals surface area contributed by atoms with Gasteiger partial charge in [0, 0.05) is 17.0 Å². The van der Waals surface area contributed by atoms with Crippen LogP contribution < -0.4 is 5.32 Å². The zero-order valence-corrected chi connectivity index (χ0v) is 14.2. The maximum absolute atomic E-state index is 10.3. The quantitative estimate of drug-likeness (QED) is 0.621. The van der Waals surface area contributed by atoms with Crippen molar-refractivity contribution in [2.45, 2.75) is 12.5 Å². The number of nitrogens with zero attached hydrogens (tertiary/aromatic N) is 1. The second-order valence-corrected chi connectivity index (χ2v) is 6.42. The molecule has 1 unspecified atom stereocenters. The zero-order chi connectivity index (χ0) is 17.2. The number of halogens is 1. The van der Waals surface area contributed by atoms with Gasteiger partial charge in [0.2, 0.25) is 0 Å². The van der Waals surface area contributed by atoms with Crippen molar-refractivity contribution in [3.8, 4) is 5.75 Å². The van der Waals surface area contributed by atoms with Gasteiger partial charge in [-0.05, 0) is 35.9 Å². The molecule has 0 aromatic heterocycles. The van der Waals surface area contributed by atoms with E-state index in [1.165, 1.54) is 0 Å². The van der Waals surface area contributed by atoms with Crippen molar-refractivity contribution in [3.05, 3.63) is 88.9 Å². The highest BCUT2D eigenvalue weighted by Crippen LogP contribution is 2.38. The van der Waals surface area contributed by atoms with Gasteiger partial charge >= 0.3 is 0 Å². The maximum atomic E-state index is 10.3. The summed E-state index contributed by atoms with van der Waals surface area (Å²) in [6, 6.07) is 23.0. The first-order valence-corrected chi connectivity index (χ1v) is 8.56. The Labute approximate surface area is 151 Å². The largest absolute Gasteiger partial charge is 0.507 e. The van der Waals surface area contributed by atoms with Gasteiger partial charge in [0.25, 0.3) is 0 Å². The summed E-state index contributed by atoms with van der Waals surface area (Å²) < 4.78 is 0. The number of phenols is 1. The van der Waals surface area contributed by atoms with Crippen LogP contribution in [0.3, 0.4) is 0 Å². The summed E-state index contributed by atoms with van der Waals surface area (Å²) in [6.45, 7) is 0. The Bertz CT molecular complexity index is 952. The molecule has 124 valence electrons. The zero-order valence-electron chi connectivity index (χ0n) is 13.5. The number of aliphatic imine (C=N–C) groups is 1. The Balaban J connectivity index is 1.85. The van der Waals surface area contributed by atoms with Gasteiger partial charge in [-0.15, -0.1) is 0 Å². The molecule has 0 spiro atoms. The number of nitrogens with one attached hydrogen (secondary N) is 1. The number of hydrogen-bond donors (Lipinski definition) is 2. The molecule has 25 heavy (non-hydrogen) atoms. The Hall–Kier alpha value is -2.78. The smallest absolute Gasteiger partial charge is 0.124 e. The number of rotatable bonds is 2. The van der Waals surface area contributed by atoms with Crippen molar-refractivity contribution in [2.24, 2.45) is 4.99 Å². The second-order valence-electron chi connectivity index (χ2n) is 6.02. The molecule has 0 fully saturated rings. The minimum atomic E-state index is -0.0318. The Morgan fingerprint density at radius 2 is 1.64 bits per heavy atom. The van der Waals surface area contributed by atoms with E-state index in [4.69, 9.17) is 16.6 Å². The molecule has 0 saturated carbocycles. The van der Waals surface area contributed by atoms with E-state index in [1.54, 1.807) is 6.07 Å². The molecule has 4 rings (SSSR count). The molecule has 2 N–H and O–H groups in total. The lowest BCUT2D eigenvalue weighted by atomic mass is 9.97. The molecule has 1 aliphatic heterocycles. The summed E-state index contributed by atoms with van der Waals surface area (Å²) in [5.41, 5.74) is 4.41. The van der Waals surface area contributed by atoms with Crippen LogP contribution in [0.4, 0.5) is 11.4 Å². The summed E-state index contributed by atoms with van der Waals surface area (Å²) in [5.74, 6) is 0.235. The molecule has 0 radical (unpaired) electrons. The number of hydrogen-bond acceptors (Lipinski definition) is 3. The van der Waals surface area contributed by atoms with Crippen LogP contribution in [0.15, 0.2) is 77.8 Å². The third kappa shape index (κ3) is 3.11. The summed E-state index contributed by atoms with van der Waals surface area (Å²) in [5, 5.41) is 14.6. The van der Waals surface area contributed by atoms with Crippen LogP contribution in [0, 0.1) is 0 Å². The fraction of sp³-hybridized carbons (Fsp3) is 0.0952. The topological polar surface area (TPSA) is 44.6 Å². The van der Waals surface area contributed by atoms with Crippen LogP contribution in [-0.4, -0.2) is 10.8 Å². The standard InChI is InChI=1S/C21H17ClN2O/c22-16-9-3-1-7-14(16)19-13-20(15-8-2-6-12-21(15)25)24-18-11-5-4-10-17(18)23-19/h1-12,19,23,25H,13H2. The van der Waals surface area contributed by atoms with E-state index >= 15 is 0 Å². The molecule has 0 bridgehead atoms. The lowest BCUT2D eigenvalue weighted by molar-refractivity contribution is 0.474. The molecule has 3 aromatic rings. The lowest BCUT2D eigenvalue weighted by Crippen LogP contribution is -2.15. The summed E-state index contributed by atoms with van der Waals surface area (Å²) >= 11 is 6.43. The molecule has 0 saturated heterocycles. The van der Waals surface area contributed by atoms with E-state index in [0.29, 0.717) is 6.42 Å². The number of fused-ring (bicyclic) bond motifs is 1. The van der Waals surface area contributed by atoms with Crippen molar-refractivity contribution < 1.29 is 5.11 Å². The van der Waals surface area contributed by atoms with Crippen LogP contribution in [-0.2, 0) is 0 Å². The molecule has 1 heterocycles. The van der Waals surface area contributed by atoms with Crippen molar-refractivity contribution in [1.82, 2.24) is 0 Å². The van der Waals surface area contributed by atoms with E-state index in [2.05, 4.69) is 5.32 Å². The Morgan fingerprint density at radius 1 is 0.920 bits per heavy atom. The first-order chi connectivity index (χ1) is 12.2. The molecule has 0 aliphatic carbocycles. The SMILES string of the molecule is Oc1ccccc1C1=Nc2ccccc2NC(c2ccccc2Cl)C1. The van der Waals surface area contributed by atoms with Crippen molar-refractivity contribution in [2.75, 3.05) is 5.32 Å². The van der Waals surface area contributed by atoms with Gasteiger partial charge in [0.15, 0.2) is 0 Å². The Morgan fingerprint density at radius 3 is 2.48 bits per heavy atom. The number of anilines is 1.